The summed E-state index contributed by atoms with van der Waals surface area (Å²) in [7, 11) is 0. The van der Waals surface area contributed by atoms with Crippen LogP contribution in [0.5, 0.6) is 0 Å². The zero-order valence-electron chi connectivity index (χ0n) is 15.2. The number of amides is 2. The molecule has 0 atom stereocenters. The maximum atomic E-state index is 12.4. The van der Waals surface area contributed by atoms with E-state index in [4.69, 9.17) is 0 Å². The fourth-order valence-electron chi connectivity index (χ4n) is 2.50. The Morgan fingerprint density at radius 2 is 1.60 bits per heavy atom. The average molecular weight is 338 g/mol. The number of unbranched alkanes of at least 4 members (excludes halogenated alkanes) is 2. The van der Waals surface area contributed by atoms with Gasteiger partial charge >= 0.3 is 0 Å². The second-order valence-electron chi connectivity index (χ2n) is 6.30. The molecule has 0 spiro atoms. The van der Waals surface area contributed by atoms with Gasteiger partial charge in [0.2, 0.25) is 0 Å². The summed E-state index contributed by atoms with van der Waals surface area (Å²) in [6.45, 7) is 6.82. The van der Waals surface area contributed by atoms with E-state index < -0.39 is 0 Å². The molecule has 132 valence electrons. The minimum absolute atomic E-state index is 0.142. The highest BCUT2D eigenvalue weighted by Gasteiger charge is 2.11. The Morgan fingerprint density at radius 3 is 2.28 bits per heavy atom. The van der Waals surface area contributed by atoms with E-state index in [-0.39, 0.29) is 11.8 Å². The maximum Gasteiger partial charge on any atom is 0.255 e. The first-order valence-electron chi connectivity index (χ1n) is 8.78. The number of hydrogen-bond donors (Lipinski definition) is 2. The van der Waals surface area contributed by atoms with Crippen LogP contribution in [0.25, 0.3) is 0 Å². The van der Waals surface area contributed by atoms with Crippen LogP contribution in [-0.2, 0) is 0 Å². The van der Waals surface area contributed by atoms with E-state index in [9.17, 15) is 9.59 Å². The minimum atomic E-state index is -0.219. The Balaban J connectivity index is 2.03. The summed E-state index contributed by atoms with van der Waals surface area (Å²) in [6, 6.07) is 12.6. The number of rotatable bonds is 7. The number of carbonyl (C=O) groups excluding carboxylic acids is 2. The molecule has 0 aromatic heterocycles. The van der Waals surface area contributed by atoms with Crippen molar-refractivity contribution in [3.8, 4) is 0 Å². The zero-order valence-corrected chi connectivity index (χ0v) is 15.2. The van der Waals surface area contributed by atoms with Crippen molar-refractivity contribution in [3.05, 3.63) is 64.7 Å². The number of anilines is 1. The second-order valence-corrected chi connectivity index (χ2v) is 6.30. The Bertz CT molecular complexity index is 753. The molecule has 4 heteroatoms. The molecule has 0 saturated heterocycles. The van der Waals surface area contributed by atoms with E-state index in [1.165, 1.54) is 5.56 Å². The van der Waals surface area contributed by atoms with Gasteiger partial charge in [-0.1, -0.05) is 31.9 Å². The van der Waals surface area contributed by atoms with Crippen LogP contribution in [-0.4, -0.2) is 18.4 Å². The van der Waals surface area contributed by atoms with Crippen molar-refractivity contribution < 1.29 is 9.59 Å². The highest BCUT2D eigenvalue weighted by molar-refractivity contribution is 6.06. The molecule has 0 bridgehead atoms. The van der Waals surface area contributed by atoms with Crippen molar-refractivity contribution in [2.45, 2.75) is 40.0 Å². The minimum Gasteiger partial charge on any atom is -0.352 e. The van der Waals surface area contributed by atoms with Crippen LogP contribution in [0.15, 0.2) is 42.5 Å². The quantitative estimate of drug-likeness (QED) is 0.732. The molecule has 0 aliphatic heterocycles. The molecular weight excluding hydrogens is 312 g/mol. The maximum absolute atomic E-state index is 12.4. The Hall–Kier alpha value is -2.62. The Labute approximate surface area is 149 Å². The smallest absolute Gasteiger partial charge is 0.255 e. The molecule has 0 aliphatic carbocycles. The summed E-state index contributed by atoms with van der Waals surface area (Å²) in [5.74, 6) is -0.360. The van der Waals surface area contributed by atoms with Gasteiger partial charge in [-0.05, 0) is 61.7 Å². The second kappa shape index (κ2) is 9.02. The van der Waals surface area contributed by atoms with Crippen LogP contribution >= 0.6 is 0 Å². The Kier molecular flexibility index (Phi) is 6.75. The number of carbonyl (C=O) groups is 2. The van der Waals surface area contributed by atoms with Gasteiger partial charge in [-0.15, -0.1) is 0 Å². The molecule has 2 N–H and O–H groups in total. The van der Waals surface area contributed by atoms with Crippen molar-refractivity contribution >= 4 is 17.5 Å². The first kappa shape index (κ1) is 18.7. The van der Waals surface area contributed by atoms with E-state index in [0.29, 0.717) is 17.7 Å². The fraction of sp³-hybridized carbons (Fsp3) is 0.333. The van der Waals surface area contributed by atoms with Crippen molar-refractivity contribution in [3.63, 3.8) is 0 Å². The van der Waals surface area contributed by atoms with Crippen LogP contribution in [0, 0.1) is 13.8 Å². The summed E-state index contributed by atoms with van der Waals surface area (Å²) in [5.41, 5.74) is 4.03. The standard InChI is InChI=1S/C21H26N2O2/c1-4-5-6-12-22-20(24)17-8-7-9-18(14-17)21(25)23-19-11-10-15(2)16(3)13-19/h7-11,13-14H,4-6,12H2,1-3H3,(H,22,24)(H,23,25). The number of benzene rings is 2. The molecule has 0 radical (unpaired) electrons. The van der Waals surface area contributed by atoms with E-state index in [2.05, 4.69) is 17.6 Å². The molecular formula is C21H26N2O2. The van der Waals surface area contributed by atoms with Crippen molar-refractivity contribution in [1.29, 1.82) is 0 Å². The van der Waals surface area contributed by atoms with Crippen LogP contribution in [0.3, 0.4) is 0 Å². The predicted molar refractivity (Wildman–Crippen MR) is 102 cm³/mol. The molecule has 25 heavy (non-hydrogen) atoms. The van der Waals surface area contributed by atoms with Gasteiger partial charge in [0.05, 0.1) is 0 Å². The summed E-state index contributed by atoms with van der Waals surface area (Å²) in [6.07, 6.45) is 3.18. The van der Waals surface area contributed by atoms with E-state index in [0.717, 1.165) is 30.5 Å². The zero-order chi connectivity index (χ0) is 18.2. The van der Waals surface area contributed by atoms with Gasteiger partial charge in [0.1, 0.15) is 0 Å². The highest BCUT2D eigenvalue weighted by Crippen LogP contribution is 2.15. The third-order valence-corrected chi connectivity index (χ3v) is 4.22. The molecule has 0 aliphatic rings. The van der Waals surface area contributed by atoms with Gasteiger partial charge < -0.3 is 10.6 Å². The summed E-state index contributed by atoms with van der Waals surface area (Å²) in [5, 5.41) is 5.77. The number of nitrogens with one attached hydrogen (secondary N) is 2. The SMILES string of the molecule is CCCCCNC(=O)c1cccc(C(=O)Nc2ccc(C)c(C)c2)c1. The first-order valence-corrected chi connectivity index (χ1v) is 8.78. The Morgan fingerprint density at radius 1 is 0.880 bits per heavy atom. The summed E-state index contributed by atoms with van der Waals surface area (Å²) in [4.78, 5) is 24.6. The van der Waals surface area contributed by atoms with Crippen molar-refractivity contribution in [2.75, 3.05) is 11.9 Å². The van der Waals surface area contributed by atoms with Crippen LogP contribution in [0.4, 0.5) is 5.69 Å². The van der Waals surface area contributed by atoms with Gasteiger partial charge in [0.25, 0.3) is 11.8 Å². The summed E-state index contributed by atoms with van der Waals surface area (Å²) < 4.78 is 0. The fourth-order valence-corrected chi connectivity index (χ4v) is 2.50. The molecule has 2 aromatic carbocycles. The van der Waals surface area contributed by atoms with Crippen LogP contribution in [0.2, 0.25) is 0 Å². The van der Waals surface area contributed by atoms with Crippen molar-refractivity contribution in [2.24, 2.45) is 0 Å². The lowest BCUT2D eigenvalue weighted by Crippen LogP contribution is -2.24. The van der Waals surface area contributed by atoms with Crippen LogP contribution in [0.1, 0.15) is 58.0 Å². The van der Waals surface area contributed by atoms with E-state index >= 15 is 0 Å². The van der Waals surface area contributed by atoms with Crippen LogP contribution < -0.4 is 10.6 Å². The summed E-state index contributed by atoms with van der Waals surface area (Å²) >= 11 is 0. The lowest BCUT2D eigenvalue weighted by Gasteiger charge is -2.09. The third-order valence-electron chi connectivity index (χ3n) is 4.22. The van der Waals surface area contributed by atoms with Gasteiger partial charge in [-0.3, -0.25) is 9.59 Å². The predicted octanol–water partition coefficient (Wildman–Crippen LogP) is 4.48. The topological polar surface area (TPSA) is 58.2 Å². The monoisotopic (exact) mass is 338 g/mol. The number of aryl methyl sites for hydroxylation is 2. The lowest BCUT2D eigenvalue weighted by molar-refractivity contribution is 0.0953. The van der Waals surface area contributed by atoms with Gasteiger partial charge in [0, 0.05) is 23.4 Å². The van der Waals surface area contributed by atoms with E-state index in [1.54, 1.807) is 24.3 Å². The van der Waals surface area contributed by atoms with Gasteiger partial charge in [0.15, 0.2) is 0 Å². The molecule has 4 nitrogen and oxygen atoms in total. The normalized spacial score (nSPS) is 10.4. The first-order chi connectivity index (χ1) is 12.0. The molecule has 0 fully saturated rings. The molecule has 2 rings (SSSR count). The van der Waals surface area contributed by atoms with Gasteiger partial charge in [-0.2, -0.15) is 0 Å². The van der Waals surface area contributed by atoms with Gasteiger partial charge in [-0.25, -0.2) is 0 Å². The highest BCUT2D eigenvalue weighted by atomic mass is 16.2. The third kappa shape index (κ3) is 5.45. The van der Waals surface area contributed by atoms with Crippen molar-refractivity contribution in [1.82, 2.24) is 5.32 Å². The van der Waals surface area contributed by atoms with E-state index in [1.807, 2.05) is 32.0 Å². The molecule has 2 aromatic rings. The molecule has 0 saturated carbocycles. The molecule has 2 amide bonds. The lowest BCUT2D eigenvalue weighted by atomic mass is 10.1. The average Bonchev–Trinajstić information content (AvgIpc) is 2.62. The molecule has 0 heterocycles. The molecule has 0 unspecified atom stereocenters. The number of hydrogen-bond acceptors (Lipinski definition) is 2. The largest absolute Gasteiger partial charge is 0.352 e.